The van der Waals surface area contributed by atoms with Crippen molar-refractivity contribution in [2.75, 3.05) is 20.2 Å². The van der Waals surface area contributed by atoms with Gasteiger partial charge in [-0.05, 0) is 53.0 Å². The first-order valence-electron chi connectivity index (χ1n) is 13.2. The van der Waals surface area contributed by atoms with Crippen molar-refractivity contribution in [2.24, 2.45) is 5.73 Å². The minimum Gasteiger partial charge on any atom is -0.468 e. The molecule has 11 heteroatoms. The van der Waals surface area contributed by atoms with Crippen LogP contribution in [0.25, 0.3) is 0 Å². The lowest BCUT2D eigenvalue weighted by Gasteiger charge is -2.34. The SMILES string of the molecule is CCCCCN(C(=O)C(CCC(N)=O)NC(=O)OC(C)(C)C)C(C(=O)NCC(=O)OC)c1cc(C)cc(C)c1. The van der Waals surface area contributed by atoms with Gasteiger partial charge in [0.1, 0.15) is 24.2 Å². The van der Waals surface area contributed by atoms with Crippen LogP contribution in [0.2, 0.25) is 0 Å². The van der Waals surface area contributed by atoms with Crippen LogP contribution in [0.1, 0.15) is 82.5 Å². The number of nitrogens with two attached hydrogens (primary N) is 1. The Labute approximate surface area is 231 Å². The molecule has 11 nitrogen and oxygen atoms in total. The summed E-state index contributed by atoms with van der Waals surface area (Å²) in [7, 11) is 1.21. The number of nitrogens with zero attached hydrogens (tertiary/aromatic N) is 1. The number of ether oxygens (including phenoxy) is 2. The van der Waals surface area contributed by atoms with E-state index in [9.17, 15) is 24.0 Å². The summed E-state index contributed by atoms with van der Waals surface area (Å²) in [6.07, 6.45) is 1.16. The molecule has 4 N–H and O–H groups in total. The highest BCUT2D eigenvalue weighted by atomic mass is 16.6. The number of alkyl carbamates (subject to hydrolysis) is 1. The van der Waals surface area contributed by atoms with Crippen molar-refractivity contribution in [1.29, 1.82) is 0 Å². The summed E-state index contributed by atoms with van der Waals surface area (Å²) in [5.41, 5.74) is 6.84. The maximum atomic E-state index is 14.1. The second-order valence-electron chi connectivity index (χ2n) is 10.6. The van der Waals surface area contributed by atoms with Gasteiger partial charge in [0.25, 0.3) is 0 Å². The Kier molecular flexibility index (Phi) is 13.4. The highest BCUT2D eigenvalue weighted by molar-refractivity contribution is 5.93. The maximum absolute atomic E-state index is 14.1. The molecule has 0 spiro atoms. The molecule has 0 aromatic heterocycles. The third-order valence-corrected chi connectivity index (χ3v) is 5.71. The van der Waals surface area contributed by atoms with Crippen LogP contribution in [0, 0.1) is 13.8 Å². The third kappa shape index (κ3) is 12.2. The van der Waals surface area contributed by atoms with Gasteiger partial charge in [0, 0.05) is 13.0 Å². The van der Waals surface area contributed by atoms with Crippen molar-refractivity contribution in [1.82, 2.24) is 15.5 Å². The van der Waals surface area contributed by atoms with Crippen LogP contribution in [-0.2, 0) is 28.7 Å². The summed E-state index contributed by atoms with van der Waals surface area (Å²) in [6, 6.07) is 3.24. The fourth-order valence-electron chi connectivity index (χ4n) is 4.06. The fourth-order valence-corrected chi connectivity index (χ4v) is 4.06. The van der Waals surface area contributed by atoms with E-state index in [0.29, 0.717) is 12.0 Å². The van der Waals surface area contributed by atoms with E-state index in [0.717, 1.165) is 24.0 Å². The second kappa shape index (κ2) is 15.7. The number of aryl methyl sites for hydroxylation is 2. The van der Waals surface area contributed by atoms with Crippen molar-refractivity contribution < 1.29 is 33.4 Å². The van der Waals surface area contributed by atoms with E-state index in [4.69, 9.17) is 10.5 Å². The monoisotopic (exact) mass is 548 g/mol. The molecule has 39 heavy (non-hydrogen) atoms. The third-order valence-electron chi connectivity index (χ3n) is 5.71. The number of benzene rings is 1. The smallest absolute Gasteiger partial charge is 0.408 e. The highest BCUT2D eigenvalue weighted by Crippen LogP contribution is 2.26. The van der Waals surface area contributed by atoms with Gasteiger partial charge in [0.15, 0.2) is 0 Å². The molecule has 0 radical (unpaired) electrons. The molecule has 4 amide bonds. The number of carbonyl (C=O) groups excluding carboxylic acids is 5. The van der Waals surface area contributed by atoms with Crippen LogP contribution in [0.5, 0.6) is 0 Å². The Morgan fingerprint density at radius 2 is 1.64 bits per heavy atom. The summed E-state index contributed by atoms with van der Waals surface area (Å²) in [5, 5.41) is 5.13. The van der Waals surface area contributed by atoms with Gasteiger partial charge in [0.2, 0.25) is 17.7 Å². The molecule has 0 bridgehead atoms. The van der Waals surface area contributed by atoms with Crippen molar-refractivity contribution in [3.05, 3.63) is 34.9 Å². The Balaban J connectivity index is 3.57. The summed E-state index contributed by atoms with van der Waals surface area (Å²) in [5.74, 6) is -2.44. The molecule has 1 aromatic carbocycles. The average molecular weight is 549 g/mol. The van der Waals surface area contributed by atoms with Gasteiger partial charge >= 0.3 is 12.1 Å². The average Bonchev–Trinajstić information content (AvgIpc) is 2.82. The van der Waals surface area contributed by atoms with Crippen LogP contribution in [0.15, 0.2) is 18.2 Å². The molecule has 0 aliphatic carbocycles. The highest BCUT2D eigenvalue weighted by Gasteiger charge is 2.36. The zero-order valence-corrected chi connectivity index (χ0v) is 24.2. The number of amides is 4. The van der Waals surface area contributed by atoms with Gasteiger partial charge in [0.05, 0.1) is 7.11 Å². The molecule has 0 fully saturated rings. The predicted molar refractivity (Wildman–Crippen MR) is 147 cm³/mol. The van der Waals surface area contributed by atoms with Crippen LogP contribution in [-0.4, -0.2) is 66.5 Å². The number of hydrogen-bond donors (Lipinski definition) is 3. The molecule has 0 aliphatic heterocycles. The Bertz CT molecular complexity index is 999. The van der Waals surface area contributed by atoms with Gasteiger partial charge in [-0.1, -0.05) is 49.1 Å². The molecule has 0 aliphatic rings. The molecule has 1 rings (SSSR count). The molecule has 2 unspecified atom stereocenters. The van der Waals surface area contributed by atoms with E-state index >= 15 is 0 Å². The van der Waals surface area contributed by atoms with Crippen LogP contribution < -0.4 is 16.4 Å². The van der Waals surface area contributed by atoms with Gasteiger partial charge in [-0.2, -0.15) is 0 Å². The van der Waals surface area contributed by atoms with Crippen LogP contribution >= 0.6 is 0 Å². The fraction of sp³-hybridized carbons (Fsp3) is 0.607. The van der Waals surface area contributed by atoms with Crippen LogP contribution in [0.4, 0.5) is 4.79 Å². The van der Waals surface area contributed by atoms with Gasteiger partial charge in [-0.25, -0.2) is 4.79 Å². The lowest BCUT2D eigenvalue weighted by atomic mass is 9.97. The number of unbranched alkanes of at least 4 members (excludes halogenated alkanes) is 2. The van der Waals surface area contributed by atoms with Gasteiger partial charge in [-0.3, -0.25) is 19.2 Å². The van der Waals surface area contributed by atoms with E-state index in [-0.39, 0.29) is 25.9 Å². The first kappa shape index (κ1) is 33.4. The molecule has 1 aromatic rings. The van der Waals surface area contributed by atoms with Crippen molar-refractivity contribution in [3.8, 4) is 0 Å². The molecular weight excluding hydrogens is 504 g/mol. The predicted octanol–water partition coefficient (Wildman–Crippen LogP) is 2.81. The Morgan fingerprint density at radius 3 is 2.15 bits per heavy atom. The van der Waals surface area contributed by atoms with Crippen molar-refractivity contribution in [3.63, 3.8) is 0 Å². The van der Waals surface area contributed by atoms with Crippen molar-refractivity contribution in [2.45, 2.75) is 91.3 Å². The second-order valence-corrected chi connectivity index (χ2v) is 10.6. The number of methoxy groups -OCH3 is 1. The summed E-state index contributed by atoms with van der Waals surface area (Å²) < 4.78 is 9.99. The maximum Gasteiger partial charge on any atom is 0.408 e. The van der Waals surface area contributed by atoms with Gasteiger partial charge in [-0.15, -0.1) is 0 Å². The van der Waals surface area contributed by atoms with E-state index < -0.39 is 47.5 Å². The number of hydrogen-bond acceptors (Lipinski definition) is 7. The van der Waals surface area contributed by atoms with E-state index in [2.05, 4.69) is 15.4 Å². The van der Waals surface area contributed by atoms with E-state index in [1.807, 2.05) is 26.8 Å². The number of esters is 1. The molecule has 0 saturated carbocycles. The van der Waals surface area contributed by atoms with E-state index in [1.54, 1.807) is 32.9 Å². The Hall–Kier alpha value is -3.63. The Morgan fingerprint density at radius 1 is 1.03 bits per heavy atom. The molecule has 0 saturated heterocycles. The molecular formula is C28H44N4O7. The summed E-state index contributed by atoms with van der Waals surface area (Å²) in [6.45, 7) is 10.6. The number of rotatable bonds is 14. The number of nitrogens with one attached hydrogen (secondary N) is 2. The van der Waals surface area contributed by atoms with Crippen molar-refractivity contribution >= 4 is 29.8 Å². The minimum atomic E-state index is -1.18. The zero-order chi connectivity index (χ0) is 29.8. The minimum absolute atomic E-state index is 0.0823. The first-order valence-corrected chi connectivity index (χ1v) is 13.2. The number of primary amides is 1. The number of carbonyl (C=O) groups is 5. The normalized spacial score (nSPS) is 12.6. The standard InChI is InChI=1S/C28H44N4O7/c1-8-9-10-13-32(26(36)21(11-12-22(29)33)31-27(37)39-28(4,5)6)24(25(35)30-17-23(34)38-7)20-15-18(2)14-19(3)16-20/h14-16,21,24H,8-13,17H2,1-7H3,(H2,29,33)(H,30,35)(H,31,37). The molecule has 2 atom stereocenters. The topological polar surface area (TPSA) is 157 Å². The summed E-state index contributed by atoms with van der Waals surface area (Å²) >= 11 is 0. The first-order chi connectivity index (χ1) is 18.2. The zero-order valence-electron chi connectivity index (χ0n) is 24.2. The van der Waals surface area contributed by atoms with Gasteiger partial charge < -0.3 is 30.7 Å². The largest absolute Gasteiger partial charge is 0.468 e. The lowest BCUT2D eigenvalue weighted by molar-refractivity contribution is -0.145. The lowest BCUT2D eigenvalue weighted by Crippen LogP contribution is -2.53. The van der Waals surface area contributed by atoms with Crippen LogP contribution in [0.3, 0.4) is 0 Å². The molecule has 218 valence electrons. The summed E-state index contributed by atoms with van der Waals surface area (Å²) in [4.78, 5) is 65.0. The quantitative estimate of drug-likeness (QED) is 0.238. The molecule has 0 heterocycles. The van der Waals surface area contributed by atoms with E-state index in [1.165, 1.54) is 12.0 Å².